The molecule has 5 nitrogen and oxygen atoms in total. The Balaban J connectivity index is 1.51. The van der Waals surface area contributed by atoms with E-state index in [2.05, 4.69) is 22.3 Å². The van der Waals surface area contributed by atoms with E-state index in [0.29, 0.717) is 6.54 Å². The van der Waals surface area contributed by atoms with Gasteiger partial charge in [-0.1, -0.05) is 18.2 Å². The van der Waals surface area contributed by atoms with Crippen LogP contribution in [0.3, 0.4) is 0 Å². The lowest BCUT2D eigenvalue weighted by Gasteiger charge is -2.33. The normalized spacial score (nSPS) is 15.0. The summed E-state index contributed by atoms with van der Waals surface area (Å²) in [6.45, 7) is 8.42. The third kappa shape index (κ3) is 4.35. The van der Waals surface area contributed by atoms with Gasteiger partial charge in [-0.25, -0.2) is 0 Å². The summed E-state index contributed by atoms with van der Waals surface area (Å²) >= 11 is 0. The smallest absolute Gasteiger partial charge is 0.279 e. The molecule has 2 aromatic carbocycles. The van der Waals surface area contributed by atoms with Crippen molar-refractivity contribution in [2.75, 3.05) is 50.1 Å². The third-order valence-electron chi connectivity index (χ3n) is 5.06. The number of hydrogen-bond acceptors (Lipinski definition) is 3. The number of benzene rings is 2. The maximum Gasteiger partial charge on any atom is 0.279 e. The Hall–Kier alpha value is -2.53. The van der Waals surface area contributed by atoms with Crippen molar-refractivity contribution < 1.29 is 14.4 Å². The van der Waals surface area contributed by atoms with Gasteiger partial charge in [0.25, 0.3) is 5.91 Å². The number of anilines is 2. The molecule has 2 aromatic rings. The molecule has 2 N–H and O–H groups in total. The van der Waals surface area contributed by atoms with Crippen molar-refractivity contribution in [3.8, 4) is 5.75 Å². The minimum Gasteiger partial charge on any atom is -0.497 e. The van der Waals surface area contributed by atoms with Gasteiger partial charge < -0.3 is 19.9 Å². The fraction of sp³-hybridized carbons (Fsp3) is 0.381. The molecular formula is C21H28N3O2+. The summed E-state index contributed by atoms with van der Waals surface area (Å²) in [5.41, 5.74) is 4.38. The lowest BCUT2D eigenvalue weighted by Crippen LogP contribution is -3.15. The van der Waals surface area contributed by atoms with Crippen molar-refractivity contribution in [1.82, 2.24) is 0 Å². The van der Waals surface area contributed by atoms with Crippen LogP contribution in [0.2, 0.25) is 0 Å². The van der Waals surface area contributed by atoms with Crippen molar-refractivity contribution in [3.63, 3.8) is 0 Å². The van der Waals surface area contributed by atoms with E-state index in [1.54, 1.807) is 7.11 Å². The second kappa shape index (κ2) is 8.23. The summed E-state index contributed by atoms with van der Waals surface area (Å²) in [5, 5.41) is 3.09. The van der Waals surface area contributed by atoms with Gasteiger partial charge in [0.05, 0.1) is 33.3 Å². The molecule has 1 aliphatic rings. The van der Waals surface area contributed by atoms with Crippen molar-refractivity contribution in [1.29, 1.82) is 0 Å². The van der Waals surface area contributed by atoms with E-state index in [1.807, 2.05) is 44.2 Å². The first-order valence-electron chi connectivity index (χ1n) is 9.15. The Morgan fingerprint density at radius 3 is 2.27 bits per heavy atom. The lowest BCUT2D eigenvalue weighted by molar-refractivity contribution is -0.892. The molecule has 3 rings (SSSR count). The monoisotopic (exact) mass is 354 g/mol. The highest BCUT2D eigenvalue weighted by molar-refractivity contribution is 5.93. The van der Waals surface area contributed by atoms with E-state index in [4.69, 9.17) is 4.74 Å². The van der Waals surface area contributed by atoms with E-state index in [1.165, 1.54) is 10.6 Å². The minimum absolute atomic E-state index is 0.0929. The second-order valence-electron chi connectivity index (χ2n) is 6.93. The highest BCUT2D eigenvalue weighted by atomic mass is 16.5. The predicted octanol–water partition coefficient (Wildman–Crippen LogP) is 1.66. The Labute approximate surface area is 155 Å². The van der Waals surface area contributed by atoms with Crippen molar-refractivity contribution in [3.05, 3.63) is 53.6 Å². The van der Waals surface area contributed by atoms with Crippen LogP contribution in [0.1, 0.15) is 11.1 Å². The second-order valence-corrected chi connectivity index (χ2v) is 6.93. The van der Waals surface area contributed by atoms with Crippen LogP contribution in [0.5, 0.6) is 5.75 Å². The zero-order valence-corrected chi connectivity index (χ0v) is 15.8. The number of amides is 1. The Morgan fingerprint density at radius 2 is 1.69 bits per heavy atom. The molecule has 1 fully saturated rings. The predicted molar refractivity (Wildman–Crippen MR) is 105 cm³/mol. The number of nitrogens with zero attached hydrogens (tertiary/aromatic N) is 1. The zero-order chi connectivity index (χ0) is 18.5. The van der Waals surface area contributed by atoms with Crippen molar-refractivity contribution in [2.45, 2.75) is 13.8 Å². The SMILES string of the molecule is COc1ccc(N2CC[NH+](CC(=O)Nc3c(C)cccc3C)CC2)cc1. The van der Waals surface area contributed by atoms with Crippen molar-refractivity contribution >= 4 is 17.3 Å². The molecule has 26 heavy (non-hydrogen) atoms. The highest BCUT2D eigenvalue weighted by Gasteiger charge is 2.22. The van der Waals surface area contributed by atoms with Crippen LogP contribution >= 0.6 is 0 Å². The molecule has 0 bridgehead atoms. The number of methoxy groups -OCH3 is 1. The van der Waals surface area contributed by atoms with Crippen molar-refractivity contribution in [2.24, 2.45) is 0 Å². The van der Waals surface area contributed by atoms with E-state index in [9.17, 15) is 4.79 Å². The zero-order valence-electron chi connectivity index (χ0n) is 15.8. The van der Waals surface area contributed by atoms with Crippen LogP contribution in [-0.4, -0.2) is 45.7 Å². The van der Waals surface area contributed by atoms with Crippen LogP contribution in [0.25, 0.3) is 0 Å². The number of para-hydroxylation sites is 1. The van der Waals surface area contributed by atoms with Crippen LogP contribution < -0.4 is 19.9 Å². The number of piperazine rings is 1. The van der Waals surface area contributed by atoms with E-state index in [0.717, 1.165) is 48.7 Å². The number of hydrogen-bond donors (Lipinski definition) is 2. The summed E-state index contributed by atoms with van der Waals surface area (Å²) in [6.07, 6.45) is 0. The number of aryl methyl sites for hydroxylation is 2. The van der Waals surface area contributed by atoms with Gasteiger partial charge in [0, 0.05) is 11.4 Å². The van der Waals surface area contributed by atoms with Gasteiger partial charge in [0.2, 0.25) is 0 Å². The Morgan fingerprint density at radius 1 is 1.08 bits per heavy atom. The first kappa shape index (κ1) is 18.3. The standard InChI is InChI=1S/C21H27N3O2/c1-16-5-4-6-17(2)21(16)22-20(25)15-23-11-13-24(14-12-23)18-7-9-19(26-3)10-8-18/h4-10H,11-15H2,1-3H3,(H,22,25)/p+1. The molecular weight excluding hydrogens is 326 g/mol. The highest BCUT2D eigenvalue weighted by Crippen LogP contribution is 2.20. The maximum atomic E-state index is 12.4. The number of ether oxygens (including phenoxy) is 1. The molecule has 0 spiro atoms. The first-order valence-corrected chi connectivity index (χ1v) is 9.15. The molecule has 0 saturated carbocycles. The summed E-state index contributed by atoms with van der Waals surface area (Å²) in [4.78, 5) is 16.1. The van der Waals surface area contributed by atoms with Gasteiger partial charge in [-0.05, 0) is 49.2 Å². The van der Waals surface area contributed by atoms with Crippen LogP contribution in [0, 0.1) is 13.8 Å². The van der Waals surface area contributed by atoms with Gasteiger partial charge in [-0.15, -0.1) is 0 Å². The fourth-order valence-corrected chi connectivity index (χ4v) is 3.47. The summed E-state index contributed by atoms with van der Waals surface area (Å²) in [6, 6.07) is 14.3. The van der Waals surface area contributed by atoms with E-state index < -0.39 is 0 Å². The molecule has 5 heteroatoms. The topological polar surface area (TPSA) is 46.0 Å². The molecule has 0 aliphatic carbocycles. The molecule has 1 saturated heterocycles. The third-order valence-corrected chi connectivity index (χ3v) is 5.06. The Kier molecular flexibility index (Phi) is 5.78. The van der Waals surface area contributed by atoms with Crippen LogP contribution in [-0.2, 0) is 4.79 Å². The van der Waals surface area contributed by atoms with Gasteiger partial charge in [0.1, 0.15) is 5.75 Å². The molecule has 1 amide bonds. The molecule has 1 aliphatic heterocycles. The lowest BCUT2D eigenvalue weighted by atomic mass is 10.1. The average Bonchev–Trinajstić information content (AvgIpc) is 2.66. The summed E-state index contributed by atoms with van der Waals surface area (Å²) in [5.74, 6) is 0.969. The molecule has 0 atom stereocenters. The average molecular weight is 354 g/mol. The largest absolute Gasteiger partial charge is 0.497 e. The van der Waals surface area contributed by atoms with Crippen LogP contribution in [0.4, 0.5) is 11.4 Å². The molecule has 0 aromatic heterocycles. The Bertz CT molecular complexity index is 730. The summed E-state index contributed by atoms with van der Waals surface area (Å²) in [7, 11) is 1.68. The quantitative estimate of drug-likeness (QED) is 0.858. The maximum absolute atomic E-state index is 12.4. The minimum atomic E-state index is 0.0929. The number of rotatable bonds is 5. The number of quaternary nitrogens is 1. The fourth-order valence-electron chi connectivity index (χ4n) is 3.47. The molecule has 138 valence electrons. The molecule has 0 radical (unpaired) electrons. The number of nitrogens with one attached hydrogen (secondary N) is 2. The molecule has 0 unspecified atom stereocenters. The van der Waals surface area contributed by atoms with Crippen LogP contribution in [0.15, 0.2) is 42.5 Å². The molecule has 1 heterocycles. The number of carbonyl (C=O) groups excluding carboxylic acids is 1. The summed E-state index contributed by atoms with van der Waals surface area (Å²) < 4.78 is 5.22. The van der Waals surface area contributed by atoms with Gasteiger partial charge >= 0.3 is 0 Å². The van der Waals surface area contributed by atoms with Gasteiger partial charge in [-0.3, -0.25) is 4.79 Å². The van der Waals surface area contributed by atoms with E-state index in [-0.39, 0.29) is 5.91 Å². The van der Waals surface area contributed by atoms with E-state index >= 15 is 0 Å². The van der Waals surface area contributed by atoms with Gasteiger partial charge in [-0.2, -0.15) is 0 Å². The first-order chi connectivity index (χ1) is 12.6. The number of carbonyl (C=O) groups is 1. The van der Waals surface area contributed by atoms with Gasteiger partial charge in [0.15, 0.2) is 6.54 Å².